The molecule has 0 fully saturated rings. The second-order valence-electron chi connectivity index (χ2n) is 17.4. The van der Waals surface area contributed by atoms with Crippen LogP contribution in [-0.2, 0) is 10.8 Å². The van der Waals surface area contributed by atoms with Crippen molar-refractivity contribution in [3.8, 4) is 55.6 Å². The second-order valence-corrected chi connectivity index (χ2v) is 17.4. The second kappa shape index (κ2) is 13.3. The van der Waals surface area contributed by atoms with E-state index in [1.807, 2.05) is 0 Å². The molecule has 0 radical (unpaired) electrons. The molecule has 11 rings (SSSR count). The van der Waals surface area contributed by atoms with Crippen LogP contribution in [0, 0.1) is 0 Å². The van der Waals surface area contributed by atoms with Crippen LogP contribution < -0.4 is 4.90 Å². The number of anilines is 3. The minimum atomic E-state index is -0.181. The first-order valence-corrected chi connectivity index (χ1v) is 20.8. The summed E-state index contributed by atoms with van der Waals surface area (Å²) in [7, 11) is 0. The topological polar surface area (TPSA) is 3.24 Å². The number of hydrogen-bond acceptors (Lipinski definition) is 1. The maximum Gasteiger partial charge on any atom is 0.0465 e. The van der Waals surface area contributed by atoms with Gasteiger partial charge in [-0.15, -0.1) is 0 Å². The van der Waals surface area contributed by atoms with Gasteiger partial charge in [-0.3, -0.25) is 0 Å². The Morgan fingerprint density at radius 3 is 1.29 bits per heavy atom. The van der Waals surface area contributed by atoms with Crippen molar-refractivity contribution in [2.24, 2.45) is 0 Å². The van der Waals surface area contributed by atoms with Crippen LogP contribution in [-0.4, -0.2) is 0 Å². The average molecular weight is 756 g/mol. The monoisotopic (exact) mass is 755 g/mol. The lowest BCUT2D eigenvalue weighted by Gasteiger charge is -2.29. The molecule has 0 unspecified atom stereocenters. The number of benzene rings is 9. The lowest BCUT2D eigenvalue weighted by molar-refractivity contribution is 0.660. The first kappa shape index (κ1) is 35.2. The van der Waals surface area contributed by atoms with E-state index in [9.17, 15) is 0 Å². The molecule has 0 saturated carbocycles. The molecule has 0 aliphatic heterocycles. The van der Waals surface area contributed by atoms with Gasteiger partial charge in [-0.05, 0) is 137 Å². The van der Waals surface area contributed by atoms with E-state index in [0.717, 1.165) is 5.69 Å². The van der Waals surface area contributed by atoms with Gasteiger partial charge in [0.15, 0.2) is 0 Å². The predicted molar refractivity (Wildman–Crippen MR) is 250 cm³/mol. The van der Waals surface area contributed by atoms with E-state index < -0.39 is 0 Å². The van der Waals surface area contributed by atoms with E-state index in [1.54, 1.807) is 0 Å². The van der Waals surface area contributed by atoms with Crippen LogP contribution in [0.5, 0.6) is 0 Å². The Morgan fingerprint density at radius 2 is 0.712 bits per heavy atom. The Hall–Kier alpha value is -6.96. The number of para-hydroxylation sites is 1. The first-order valence-electron chi connectivity index (χ1n) is 20.8. The molecule has 59 heavy (non-hydrogen) atoms. The lowest BCUT2D eigenvalue weighted by Crippen LogP contribution is -2.18. The molecule has 0 aromatic heterocycles. The quantitative estimate of drug-likeness (QED) is 0.163. The van der Waals surface area contributed by atoms with Crippen molar-refractivity contribution in [1.82, 2.24) is 0 Å². The number of fused-ring (bicyclic) bond motifs is 7. The van der Waals surface area contributed by atoms with E-state index in [1.165, 1.54) is 100 Å². The van der Waals surface area contributed by atoms with Crippen molar-refractivity contribution in [2.45, 2.75) is 38.5 Å². The maximum atomic E-state index is 2.44. The van der Waals surface area contributed by atoms with E-state index in [4.69, 9.17) is 0 Å². The summed E-state index contributed by atoms with van der Waals surface area (Å²) < 4.78 is 0. The number of rotatable bonds is 6. The average Bonchev–Trinajstić information content (AvgIpc) is 3.65. The fraction of sp³-hybridized carbons (Fsp3) is 0.103. The third kappa shape index (κ3) is 5.60. The maximum absolute atomic E-state index is 2.44. The van der Waals surface area contributed by atoms with Gasteiger partial charge in [0.1, 0.15) is 0 Å². The zero-order valence-electron chi connectivity index (χ0n) is 34.0. The van der Waals surface area contributed by atoms with Crippen molar-refractivity contribution in [3.05, 3.63) is 222 Å². The first-order chi connectivity index (χ1) is 28.8. The van der Waals surface area contributed by atoms with Gasteiger partial charge in [-0.2, -0.15) is 0 Å². The van der Waals surface area contributed by atoms with Gasteiger partial charge in [-0.25, -0.2) is 0 Å². The molecule has 0 spiro atoms. The van der Waals surface area contributed by atoms with E-state index in [0.29, 0.717) is 0 Å². The SMILES string of the molecule is CC1(C)c2cc(-c3ccccc3)ccc2-c2ccc(N(c3ccccc3)c3ccc4c(c3)C(C)(C)c3cc(-c5ccc(-c6cccc7ccccc67)cc5)ccc3-4)cc21. The fourth-order valence-corrected chi connectivity index (χ4v) is 10.1. The summed E-state index contributed by atoms with van der Waals surface area (Å²) in [4.78, 5) is 2.44. The van der Waals surface area contributed by atoms with Crippen molar-refractivity contribution in [2.75, 3.05) is 4.90 Å². The van der Waals surface area contributed by atoms with Crippen LogP contribution in [0.4, 0.5) is 17.1 Å². The minimum Gasteiger partial charge on any atom is -0.310 e. The molecule has 1 nitrogen and oxygen atoms in total. The number of nitrogens with zero attached hydrogens (tertiary/aromatic N) is 1. The molecular weight excluding hydrogens is 711 g/mol. The molecular formula is C58H45N. The third-order valence-corrected chi connectivity index (χ3v) is 13.3. The van der Waals surface area contributed by atoms with Gasteiger partial charge in [0, 0.05) is 27.9 Å². The fourth-order valence-electron chi connectivity index (χ4n) is 10.1. The van der Waals surface area contributed by atoms with E-state index in [2.05, 4.69) is 233 Å². The minimum absolute atomic E-state index is 0.149. The normalized spacial score (nSPS) is 14.0. The summed E-state index contributed by atoms with van der Waals surface area (Å²) in [6, 6.07) is 74.2. The van der Waals surface area contributed by atoms with Crippen LogP contribution in [0.25, 0.3) is 66.4 Å². The van der Waals surface area contributed by atoms with Crippen molar-refractivity contribution >= 4 is 27.8 Å². The smallest absolute Gasteiger partial charge is 0.0465 e. The van der Waals surface area contributed by atoms with Gasteiger partial charge in [0.2, 0.25) is 0 Å². The van der Waals surface area contributed by atoms with Crippen LogP contribution >= 0.6 is 0 Å². The lowest BCUT2D eigenvalue weighted by atomic mass is 9.81. The van der Waals surface area contributed by atoms with Gasteiger partial charge in [0.25, 0.3) is 0 Å². The highest BCUT2D eigenvalue weighted by molar-refractivity contribution is 5.97. The number of hydrogen-bond donors (Lipinski definition) is 0. The molecule has 9 aromatic rings. The zero-order chi connectivity index (χ0) is 39.9. The molecule has 2 aliphatic carbocycles. The van der Waals surface area contributed by atoms with Crippen LogP contribution in [0.2, 0.25) is 0 Å². The van der Waals surface area contributed by atoms with Gasteiger partial charge in [-0.1, -0.05) is 179 Å². The highest BCUT2D eigenvalue weighted by atomic mass is 15.1. The summed E-state index contributed by atoms with van der Waals surface area (Å²) in [6.45, 7) is 9.54. The largest absolute Gasteiger partial charge is 0.310 e. The molecule has 2 aliphatic rings. The molecule has 1 heteroatoms. The Balaban J connectivity index is 0.948. The van der Waals surface area contributed by atoms with Gasteiger partial charge in [0.05, 0.1) is 0 Å². The molecule has 0 atom stereocenters. The summed E-state index contributed by atoms with van der Waals surface area (Å²) >= 11 is 0. The van der Waals surface area contributed by atoms with Crippen LogP contribution in [0.15, 0.2) is 200 Å². The Bertz CT molecular complexity index is 3070. The summed E-state index contributed by atoms with van der Waals surface area (Å²) in [5.74, 6) is 0. The molecule has 0 heterocycles. The molecule has 0 N–H and O–H groups in total. The zero-order valence-corrected chi connectivity index (χ0v) is 34.0. The highest BCUT2D eigenvalue weighted by Crippen LogP contribution is 2.54. The molecule has 0 bridgehead atoms. The van der Waals surface area contributed by atoms with Crippen LogP contribution in [0.1, 0.15) is 49.9 Å². The summed E-state index contributed by atoms with van der Waals surface area (Å²) in [5, 5.41) is 2.55. The summed E-state index contributed by atoms with van der Waals surface area (Å²) in [5.41, 5.74) is 21.4. The molecule has 9 aromatic carbocycles. The third-order valence-electron chi connectivity index (χ3n) is 13.3. The van der Waals surface area contributed by atoms with Gasteiger partial charge < -0.3 is 4.90 Å². The Kier molecular flexibility index (Phi) is 7.94. The van der Waals surface area contributed by atoms with Crippen molar-refractivity contribution in [3.63, 3.8) is 0 Å². The molecule has 0 amide bonds. The van der Waals surface area contributed by atoms with Crippen molar-refractivity contribution in [1.29, 1.82) is 0 Å². The van der Waals surface area contributed by atoms with E-state index >= 15 is 0 Å². The predicted octanol–water partition coefficient (Wildman–Crippen LogP) is 15.9. The van der Waals surface area contributed by atoms with Crippen molar-refractivity contribution < 1.29 is 0 Å². The summed E-state index contributed by atoms with van der Waals surface area (Å²) in [6.07, 6.45) is 0. The molecule has 282 valence electrons. The highest BCUT2D eigenvalue weighted by Gasteiger charge is 2.38. The Labute approximate surface area is 347 Å². The molecule has 0 saturated heterocycles. The van der Waals surface area contributed by atoms with Gasteiger partial charge >= 0.3 is 0 Å². The Morgan fingerprint density at radius 1 is 0.288 bits per heavy atom. The van der Waals surface area contributed by atoms with E-state index in [-0.39, 0.29) is 10.8 Å². The standard InChI is InChI=1S/C58H45N/c1-57(2)53-34-42(38-14-7-5-8-15-38)26-30-49(53)51-32-28-45(36-55(51)57)59(44-18-9-6-10-19-44)46-29-33-52-50-31-27-43(35-54(50)58(3,4)56(52)37-46)39-22-24-41(25-23-39)48-21-13-17-40-16-11-12-20-47(40)48/h5-37H,1-4H3. The van der Waals surface area contributed by atoms with Crippen LogP contribution in [0.3, 0.4) is 0 Å².